The van der Waals surface area contributed by atoms with Gasteiger partial charge in [0.1, 0.15) is 0 Å². The molecular weight excluding hydrogens is 397 g/mol. The van der Waals surface area contributed by atoms with Crippen LogP contribution < -0.4 is 4.74 Å². The van der Waals surface area contributed by atoms with Crippen molar-refractivity contribution in [3.8, 4) is 16.9 Å². The van der Waals surface area contributed by atoms with Crippen LogP contribution in [0.2, 0.25) is 0 Å². The van der Waals surface area contributed by atoms with Crippen LogP contribution in [0.5, 0.6) is 5.75 Å². The summed E-state index contributed by atoms with van der Waals surface area (Å²) in [5.74, 6) is -1.77. The van der Waals surface area contributed by atoms with E-state index in [0.29, 0.717) is 16.9 Å². The summed E-state index contributed by atoms with van der Waals surface area (Å²) in [7, 11) is 0. The predicted octanol–water partition coefficient (Wildman–Crippen LogP) is 8.40. The Morgan fingerprint density at radius 3 is 2.19 bits per heavy atom. The summed E-state index contributed by atoms with van der Waals surface area (Å²) in [6, 6.07) is 12.3. The van der Waals surface area contributed by atoms with Crippen LogP contribution in [0.3, 0.4) is 0 Å². The van der Waals surface area contributed by atoms with Crippen LogP contribution in [0, 0.1) is 23.4 Å². The largest absolute Gasteiger partial charge is 0.491 e. The fourth-order valence-electron chi connectivity index (χ4n) is 4.97. The molecule has 31 heavy (non-hydrogen) atoms. The normalized spacial score (nSPS) is 19.0. The van der Waals surface area contributed by atoms with Crippen LogP contribution >= 0.6 is 0 Å². The maximum Gasteiger partial charge on any atom is 0.175 e. The van der Waals surface area contributed by atoms with Crippen molar-refractivity contribution in [3.05, 3.63) is 65.5 Å². The van der Waals surface area contributed by atoms with Gasteiger partial charge in [0.2, 0.25) is 0 Å². The highest BCUT2D eigenvalue weighted by Gasteiger charge is 2.23. The number of halogens is 3. The second kappa shape index (κ2) is 9.33. The van der Waals surface area contributed by atoms with Gasteiger partial charge in [-0.1, -0.05) is 50.1 Å². The van der Waals surface area contributed by atoms with Crippen LogP contribution in [0.25, 0.3) is 21.9 Å². The first-order valence-corrected chi connectivity index (χ1v) is 11.4. The van der Waals surface area contributed by atoms with Gasteiger partial charge in [-0.15, -0.1) is 0 Å². The first-order chi connectivity index (χ1) is 15.0. The van der Waals surface area contributed by atoms with Crippen molar-refractivity contribution in [1.82, 2.24) is 0 Å². The van der Waals surface area contributed by atoms with Gasteiger partial charge in [-0.3, -0.25) is 0 Å². The van der Waals surface area contributed by atoms with Gasteiger partial charge in [0.05, 0.1) is 12.0 Å². The highest BCUT2D eigenvalue weighted by Crippen LogP contribution is 2.39. The lowest BCUT2D eigenvalue weighted by Crippen LogP contribution is -2.13. The average Bonchev–Trinajstić information content (AvgIpc) is 2.79. The topological polar surface area (TPSA) is 9.23 Å². The molecule has 1 aliphatic carbocycles. The van der Waals surface area contributed by atoms with E-state index in [0.717, 1.165) is 5.92 Å². The predicted molar refractivity (Wildman–Crippen MR) is 120 cm³/mol. The second-order valence-electron chi connectivity index (χ2n) is 8.59. The van der Waals surface area contributed by atoms with Crippen LogP contribution in [-0.4, -0.2) is 6.61 Å². The van der Waals surface area contributed by atoms with Crippen LogP contribution in [0.1, 0.15) is 63.9 Å². The quantitative estimate of drug-likeness (QED) is 0.384. The van der Waals surface area contributed by atoms with Gasteiger partial charge in [0.25, 0.3) is 0 Å². The highest BCUT2D eigenvalue weighted by molar-refractivity contribution is 5.90. The van der Waals surface area contributed by atoms with Crippen molar-refractivity contribution < 1.29 is 17.9 Å². The number of rotatable bonds is 6. The number of ether oxygens (including phenoxy) is 1. The third-order valence-electron chi connectivity index (χ3n) is 6.62. The Morgan fingerprint density at radius 2 is 1.55 bits per heavy atom. The maximum atomic E-state index is 14.9. The monoisotopic (exact) mass is 426 g/mol. The van der Waals surface area contributed by atoms with Crippen molar-refractivity contribution >= 4 is 10.8 Å². The van der Waals surface area contributed by atoms with Gasteiger partial charge in [0.15, 0.2) is 23.2 Å². The van der Waals surface area contributed by atoms with Crippen LogP contribution in [0.4, 0.5) is 13.2 Å². The Bertz CT molecular complexity index is 1050. The molecule has 0 aromatic heterocycles. The summed E-state index contributed by atoms with van der Waals surface area (Å²) >= 11 is 0. The zero-order chi connectivity index (χ0) is 22.0. The molecule has 164 valence electrons. The molecule has 0 unspecified atom stereocenters. The minimum atomic E-state index is -1.18. The van der Waals surface area contributed by atoms with E-state index in [4.69, 9.17) is 4.74 Å². The summed E-state index contributed by atoms with van der Waals surface area (Å²) in [6.07, 6.45) is 7.45. The van der Waals surface area contributed by atoms with E-state index in [9.17, 15) is 13.2 Å². The molecule has 0 atom stereocenters. The lowest BCUT2D eigenvalue weighted by Gasteiger charge is -2.28. The van der Waals surface area contributed by atoms with E-state index in [1.165, 1.54) is 56.2 Å². The molecule has 0 bridgehead atoms. The number of fused-ring (bicyclic) bond motifs is 1. The Hall–Kier alpha value is -2.49. The number of hydrogen-bond acceptors (Lipinski definition) is 1. The fraction of sp³-hybridized carbons (Fsp3) is 0.407. The third-order valence-corrected chi connectivity index (χ3v) is 6.62. The summed E-state index contributed by atoms with van der Waals surface area (Å²) in [4.78, 5) is 0. The minimum Gasteiger partial charge on any atom is -0.491 e. The van der Waals surface area contributed by atoms with Crippen LogP contribution in [0.15, 0.2) is 42.5 Å². The number of benzene rings is 3. The minimum absolute atomic E-state index is 0.0703. The van der Waals surface area contributed by atoms with E-state index in [1.807, 2.05) is 24.3 Å². The van der Waals surface area contributed by atoms with Gasteiger partial charge >= 0.3 is 0 Å². The molecule has 3 aromatic carbocycles. The SMILES string of the molecule is CCCC1CCC(c2ccc(-c3cc4ccc(OCC)c(F)c4c(F)c3F)cc2)CC1. The van der Waals surface area contributed by atoms with Gasteiger partial charge in [-0.25, -0.2) is 13.2 Å². The molecule has 0 aliphatic heterocycles. The molecule has 3 aromatic rings. The molecule has 0 spiro atoms. The van der Waals surface area contributed by atoms with Gasteiger partial charge in [0, 0.05) is 5.56 Å². The summed E-state index contributed by atoms with van der Waals surface area (Å²) < 4.78 is 49.5. The Labute approximate surface area is 182 Å². The third kappa shape index (κ3) is 4.30. The molecule has 4 heteroatoms. The molecule has 0 heterocycles. The lowest BCUT2D eigenvalue weighted by molar-refractivity contribution is 0.308. The molecule has 0 radical (unpaired) electrons. The van der Waals surface area contributed by atoms with Crippen LogP contribution in [-0.2, 0) is 0 Å². The van der Waals surface area contributed by atoms with E-state index < -0.39 is 17.5 Å². The smallest absolute Gasteiger partial charge is 0.175 e. The van der Waals surface area contributed by atoms with Crippen molar-refractivity contribution in [2.45, 2.75) is 58.3 Å². The Kier molecular flexibility index (Phi) is 6.54. The zero-order valence-corrected chi connectivity index (χ0v) is 18.2. The summed E-state index contributed by atoms with van der Waals surface area (Å²) in [5.41, 5.74) is 2.00. The Morgan fingerprint density at radius 1 is 0.839 bits per heavy atom. The maximum absolute atomic E-state index is 14.9. The van der Waals surface area contributed by atoms with Gasteiger partial charge < -0.3 is 4.74 Å². The first kappa shape index (κ1) is 21.7. The molecule has 4 rings (SSSR count). The molecule has 1 aliphatic rings. The second-order valence-corrected chi connectivity index (χ2v) is 8.59. The van der Waals surface area contributed by atoms with Crippen molar-refractivity contribution in [2.75, 3.05) is 6.61 Å². The lowest BCUT2D eigenvalue weighted by atomic mass is 9.77. The van der Waals surface area contributed by atoms with Gasteiger partial charge in [-0.2, -0.15) is 0 Å². The molecule has 1 saturated carbocycles. The zero-order valence-electron chi connectivity index (χ0n) is 18.2. The molecule has 1 fully saturated rings. The fourth-order valence-corrected chi connectivity index (χ4v) is 4.97. The standard InChI is InChI=1S/C27H29F3O/c1-3-5-17-6-8-18(9-7-17)19-10-12-20(13-11-19)22-16-21-14-15-23(31-4-2)26(29)24(21)27(30)25(22)28/h10-18H,3-9H2,1-2H3. The first-order valence-electron chi connectivity index (χ1n) is 11.4. The molecule has 1 nitrogen and oxygen atoms in total. The molecule has 0 N–H and O–H groups in total. The number of hydrogen-bond donors (Lipinski definition) is 0. The van der Waals surface area contributed by atoms with Crippen molar-refractivity contribution in [1.29, 1.82) is 0 Å². The summed E-state index contributed by atoms with van der Waals surface area (Å²) in [6.45, 7) is 4.20. The molecule has 0 saturated heterocycles. The Balaban J connectivity index is 1.62. The van der Waals surface area contributed by atoms with E-state index >= 15 is 0 Å². The van der Waals surface area contributed by atoms with E-state index in [1.54, 1.807) is 13.0 Å². The summed E-state index contributed by atoms with van der Waals surface area (Å²) in [5, 5.41) is -0.0548. The van der Waals surface area contributed by atoms with Crippen molar-refractivity contribution in [3.63, 3.8) is 0 Å². The van der Waals surface area contributed by atoms with E-state index in [2.05, 4.69) is 6.92 Å². The average molecular weight is 427 g/mol. The molecule has 0 amide bonds. The highest BCUT2D eigenvalue weighted by atomic mass is 19.2. The van der Waals surface area contributed by atoms with E-state index in [-0.39, 0.29) is 23.3 Å². The van der Waals surface area contributed by atoms with Gasteiger partial charge in [-0.05, 0) is 73.1 Å². The molecular formula is C27H29F3O. The van der Waals surface area contributed by atoms with Crippen molar-refractivity contribution in [2.24, 2.45) is 5.92 Å².